The van der Waals surface area contributed by atoms with Gasteiger partial charge in [-0.2, -0.15) is 5.26 Å². The van der Waals surface area contributed by atoms with E-state index in [9.17, 15) is 14.9 Å². The van der Waals surface area contributed by atoms with Crippen molar-refractivity contribution in [1.29, 1.82) is 5.26 Å². The fourth-order valence-electron chi connectivity index (χ4n) is 3.71. The summed E-state index contributed by atoms with van der Waals surface area (Å²) in [6.45, 7) is 9.97. The first-order chi connectivity index (χ1) is 16.0. The fourth-order valence-corrected chi connectivity index (χ4v) is 3.71. The molecule has 4 N–H and O–H groups in total. The number of benzene rings is 1. The van der Waals surface area contributed by atoms with E-state index >= 15 is 0 Å². The van der Waals surface area contributed by atoms with Gasteiger partial charge in [0.05, 0.1) is 17.1 Å². The van der Waals surface area contributed by atoms with Crippen LogP contribution in [0.4, 0.5) is 22.1 Å². The fraction of sp³-hybridized carbons (Fsp3) is 0.375. The number of aryl methyl sites for hydroxylation is 1. The molecule has 0 aliphatic carbocycles. The lowest BCUT2D eigenvalue weighted by Gasteiger charge is -2.29. The van der Waals surface area contributed by atoms with Crippen molar-refractivity contribution in [3.8, 4) is 6.07 Å². The maximum Gasteiger partial charge on any atom is 0.404 e. The zero-order valence-electron chi connectivity index (χ0n) is 19.9. The highest BCUT2D eigenvalue weighted by atomic mass is 16.4. The molecule has 1 aromatic heterocycles. The Hall–Kier alpha value is -4.13. The summed E-state index contributed by atoms with van der Waals surface area (Å²) in [5, 5.41) is 27.5. The summed E-state index contributed by atoms with van der Waals surface area (Å²) in [5.74, 6) is 0.223. The number of hydrogen-bond acceptors (Lipinski definition) is 7. The van der Waals surface area contributed by atoms with E-state index in [1.54, 1.807) is 13.1 Å². The maximum atomic E-state index is 12.7. The minimum absolute atomic E-state index is 0.0421. The second-order valence-corrected chi connectivity index (χ2v) is 9.07. The summed E-state index contributed by atoms with van der Waals surface area (Å²) in [7, 11) is 0. The first kappa shape index (κ1) is 24.5. The number of fused-ring (bicyclic) bond motifs is 1. The number of aromatic nitrogens is 2. The third kappa shape index (κ3) is 5.26. The van der Waals surface area contributed by atoms with E-state index in [2.05, 4.69) is 32.0 Å². The standard InChI is InChI=1S/C24H29N7O3/c1-6-31-17-10-8-7-9-16(17)27-21(31)15(12-25)20-14(2)13-26-22(30-20)29-19(32)11-18(24(3,4)5)28-23(33)34/h7-10,13,18,27-28H,6,11H2,1-5H3,(H,33,34)(H,26,29,30,32)/b21-15+. The van der Waals surface area contributed by atoms with Gasteiger partial charge in [-0.05, 0) is 37.0 Å². The zero-order chi connectivity index (χ0) is 25.0. The number of carboxylic acid groups (broad SMARTS) is 1. The summed E-state index contributed by atoms with van der Waals surface area (Å²) in [4.78, 5) is 34.4. The van der Waals surface area contributed by atoms with Gasteiger partial charge in [0.1, 0.15) is 17.5 Å². The smallest absolute Gasteiger partial charge is 0.404 e. The Morgan fingerprint density at radius 3 is 2.62 bits per heavy atom. The highest BCUT2D eigenvalue weighted by Crippen LogP contribution is 2.38. The van der Waals surface area contributed by atoms with Crippen LogP contribution >= 0.6 is 0 Å². The number of amides is 2. The highest BCUT2D eigenvalue weighted by Gasteiger charge is 2.30. The second-order valence-electron chi connectivity index (χ2n) is 9.07. The molecule has 2 aromatic rings. The highest BCUT2D eigenvalue weighted by molar-refractivity contribution is 5.92. The number of nitrogens with one attached hydrogen (secondary N) is 3. The molecular weight excluding hydrogens is 434 g/mol. The van der Waals surface area contributed by atoms with Crippen LogP contribution in [-0.2, 0) is 4.79 Å². The van der Waals surface area contributed by atoms with Crippen molar-refractivity contribution in [2.45, 2.75) is 47.1 Å². The molecule has 0 radical (unpaired) electrons. The van der Waals surface area contributed by atoms with Crippen LogP contribution in [0.5, 0.6) is 0 Å². The van der Waals surface area contributed by atoms with Gasteiger partial charge >= 0.3 is 6.09 Å². The minimum atomic E-state index is -1.20. The lowest BCUT2D eigenvalue weighted by molar-refractivity contribution is -0.117. The van der Waals surface area contributed by atoms with Crippen molar-refractivity contribution in [2.75, 3.05) is 22.1 Å². The first-order valence-electron chi connectivity index (χ1n) is 11.0. The predicted octanol–water partition coefficient (Wildman–Crippen LogP) is 3.94. The van der Waals surface area contributed by atoms with Gasteiger partial charge in [-0.1, -0.05) is 32.9 Å². The lowest BCUT2D eigenvalue weighted by atomic mass is 9.84. The van der Waals surface area contributed by atoms with E-state index in [4.69, 9.17) is 5.11 Å². The largest absolute Gasteiger partial charge is 0.465 e. The van der Waals surface area contributed by atoms with E-state index in [0.717, 1.165) is 11.4 Å². The number of hydrogen-bond donors (Lipinski definition) is 4. The molecule has 1 aromatic carbocycles. The van der Waals surface area contributed by atoms with Crippen molar-refractivity contribution in [2.24, 2.45) is 5.41 Å². The molecule has 0 saturated carbocycles. The number of carbonyl (C=O) groups is 2. The molecule has 0 fully saturated rings. The van der Waals surface area contributed by atoms with E-state index in [1.165, 1.54) is 0 Å². The molecule has 0 spiro atoms. The molecule has 1 aliphatic heterocycles. The number of rotatable bonds is 6. The Morgan fingerprint density at radius 2 is 2.00 bits per heavy atom. The van der Waals surface area contributed by atoms with Crippen LogP contribution < -0.4 is 20.9 Å². The molecule has 10 heteroatoms. The van der Waals surface area contributed by atoms with Crippen molar-refractivity contribution < 1.29 is 14.7 Å². The third-order valence-electron chi connectivity index (χ3n) is 5.58. The molecule has 34 heavy (non-hydrogen) atoms. The maximum absolute atomic E-state index is 12.7. The lowest BCUT2D eigenvalue weighted by Crippen LogP contribution is -2.45. The van der Waals surface area contributed by atoms with Crippen molar-refractivity contribution in [1.82, 2.24) is 15.3 Å². The van der Waals surface area contributed by atoms with Crippen LogP contribution in [0.25, 0.3) is 5.57 Å². The van der Waals surface area contributed by atoms with Gasteiger partial charge in [0.2, 0.25) is 11.9 Å². The quantitative estimate of drug-likeness (QED) is 0.472. The van der Waals surface area contributed by atoms with E-state index in [-0.39, 0.29) is 12.4 Å². The molecule has 2 heterocycles. The predicted molar refractivity (Wildman–Crippen MR) is 130 cm³/mol. The van der Waals surface area contributed by atoms with Gasteiger partial charge in [0.25, 0.3) is 0 Å². The number of nitriles is 1. The van der Waals surface area contributed by atoms with Crippen LogP contribution in [-0.4, -0.2) is 39.7 Å². The summed E-state index contributed by atoms with van der Waals surface area (Å²) in [5.41, 5.74) is 2.79. The molecule has 10 nitrogen and oxygen atoms in total. The van der Waals surface area contributed by atoms with Gasteiger partial charge in [-0.25, -0.2) is 14.8 Å². The van der Waals surface area contributed by atoms with Crippen molar-refractivity contribution >= 4 is 34.9 Å². The summed E-state index contributed by atoms with van der Waals surface area (Å²) < 4.78 is 0. The third-order valence-corrected chi connectivity index (χ3v) is 5.58. The van der Waals surface area contributed by atoms with Gasteiger partial charge in [0.15, 0.2) is 0 Å². The monoisotopic (exact) mass is 463 g/mol. The Morgan fingerprint density at radius 1 is 1.29 bits per heavy atom. The molecule has 2 amide bonds. The Bertz CT molecular complexity index is 1180. The van der Waals surface area contributed by atoms with E-state index in [1.807, 2.05) is 56.9 Å². The number of para-hydroxylation sites is 2. The van der Waals surface area contributed by atoms with Crippen LogP contribution in [0.3, 0.4) is 0 Å². The van der Waals surface area contributed by atoms with Crippen LogP contribution in [0.1, 0.15) is 45.4 Å². The molecule has 178 valence electrons. The number of carbonyl (C=O) groups excluding carboxylic acids is 1. The number of anilines is 3. The molecule has 3 rings (SSSR count). The first-order valence-corrected chi connectivity index (χ1v) is 11.0. The van der Waals surface area contributed by atoms with Gasteiger partial charge in [-0.15, -0.1) is 0 Å². The number of nitrogens with zero attached hydrogens (tertiary/aromatic N) is 4. The Labute approximate surface area is 198 Å². The van der Waals surface area contributed by atoms with Crippen molar-refractivity contribution in [3.05, 3.63) is 47.5 Å². The van der Waals surface area contributed by atoms with Crippen molar-refractivity contribution in [3.63, 3.8) is 0 Å². The average molecular weight is 464 g/mol. The zero-order valence-corrected chi connectivity index (χ0v) is 19.9. The SMILES string of the molecule is CCN1/C(=C(\C#N)c2nc(NC(=O)CC(NC(=O)O)C(C)(C)C)ncc2C)Nc2ccccc21. The minimum Gasteiger partial charge on any atom is -0.465 e. The Kier molecular flexibility index (Phi) is 7.05. The van der Waals surface area contributed by atoms with Crippen LogP contribution in [0.15, 0.2) is 36.3 Å². The Balaban J connectivity index is 1.90. The molecule has 0 bridgehead atoms. The van der Waals surface area contributed by atoms with E-state index < -0.39 is 23.5 Å². The van der Waals surface area contributed by atoms with Crippen LogP contribution in [0, 0.1) is 23.7 Å². The second kappa shape index (κ2) is 9.79. The molecule has 1 aliphatic rings. The average Bonchev–Trinajstić information content (AvgIpc) is 3.13. The summed E-state index contributed by atoms with van der Waals surface area (Å²) >= 11 is 0. The normalized spacial score (nSPS) is 15.0. The van der Waals surface area contributed by atoms with Gasteiger partial charge in [-0.3, -0.25) is 10.1 Å². The van der Waals surface area contributed by atoms with E-state index in [0.29, 0.717) is 29.2 Å². The van der Waals surface area contributed by atoms with Gasteiger partial charge < -0.3 is 20.6 Å². The molecule has 1 unspecified atom stereocenters. The molecular formula is C24H29N7O3. The number of allylic oxidation sites excluding steroid dienone is 1. The summed E-state index contributed by atoms with van der Waals surface area (Å²) in [6.07, 6.45) is 0.262. The molecule has 1 atom stereocenters. The topological polar surface area (TPSA) is 143 Å². The van der Waals surface area contributed by atoms with Crippen LogP contribution in [0.2, 0.25) is 0 Å². The summed E-state index contributed by atoms with van der Waals surface area (Å²) in [6, 6.07) is 9.42. The molecule has 0 saturated heterocycles. The van der Waals surface area contributed by atoms with Gasteiger partial charge in [0, 0.05) is 25.2 Å².